The summed E-state index contributed by atoms with van der Waals surface area (Å²) < 4.78 is 33.2. The normalized spacial score (nSPS) is 14.0. The van der Waals surface area contributed by atoms with Gasteiger partial charge in [0.05, 0.1) is 6.61 Å². The maximum absolute atomic E-state index is 14.0. The molecule has 0 atom stereocenters. The number of ether oxygens (including phenoxy) is 1. The van der Waals surface area contributed by atoms with Crippen LogP contribution in [0.25, 0.3) is 0 Å². The Kier molecular flexibility index (Phi) is 4.02. The number of halogens is 2. The van der Waals surface area contributed by atoms with Crippen molar-refractivity contribution in [1.29, 1.82) is 0 Å². The van der Waals surface area contributed by atoms with Gasteiger partial charge >= 0.3 is 5.97 Å². The molecule has 1 aliphatic rings. The van der Waals surface area contributed by atoms with Crippen molar-refractivity contribution in [2.75, 3.05) is 6.61 Å². The Labute approximate surface area is 110 Å². The van der Waals surface area contributed by atoms with Gasteiger partial charge in [0.2, 0.25) is 0 Å². The van der Waals surface area contributed by atoms with Crippen LogP contribution in [-0.2, 0) is 17.1 Å². The summed E-state index contributed by atoms with van der Waals surface area (Å²) in [6, 6.07) is 4.48. The average molecular weight is 270 g/mol. The lowest BCUT2D eigenvalue weighted by Gasteiger charge is -2.17. The number of carboxylic acids is 1. The number of unbranched alkanes of at least 4 members (excludes halogenated alkanes) is 1. The molecular formula is C14H16F2O3. The molecule has 0 spiro atoms. The van der Waals surface area contributed by atoms with Crippen LogP contribution in [0.4, 0.5) is 8.78 Å². The summed E-state index contributed by atoms with van der Waals surface area (Å²) in [6.07, 6.45) is 0.762. The zero-order chi connectivity index (χ0) is 13.9. The number of aliphatic carboxylic acids is 1. The van der Waals surface area contributed by atoms with Crippen LogP contribution < -0.4 is 4.74 Å². The van der Waals surface area contributed by atoms with Gasteiger partial charge in [0.25, 0.3) is 5.92 Å². The van der Waals surface area contributed by atoms with E-state index in [2.05, 4.69) is 0 Å². The van der Waals surface area contributed by atoms with Gasteiger partial charge in [0.1, 0.15) is 5.75 Å². The molecular weight excluding hydrogens is 254 g/mol. The number of carbonyl (C=O) groups is 1. The molecule has 0 aromatic heterocycles. The fourth-order valence-corrected chi connectivity index (χ4v) is 2.18. The number of carboxylic acid groups (broad SMARTS) is 1. The number of hydrogen-bond donors (Lipinski definition) is 1. The highest BCUT2D eigenvalue weighted by atomic mass is 19.3. The fraction of sp³-hybridized carbons (Fsp3) is 0.500. The predicted molar refractivity (Wildman–Crippen MR) is 65.6 cm³/mol. The summed E-state index contributed by atoms with van der Waals surface area (Å²) in [6.45, 7) is 0.545. The van der Waals surface area contributed by atoms with Crippen molar-refractivity contribution < 1.29 is 23.4 Å². The third-order valence-corrected chi connectivity index (χ3v) is 3.24. The molecule has 0 radical (unpaired) electrons. The zero-order valence-electron chi connectivity index (χ0n) is 10.5. The number of alkyl halides is 2. The van der Waals surface area contributed by atoms with Crippen molar-refractivity contribution >= 4 is 5.97 Å². The molecule has 1 heterocycles. The van der Waals surface area contributed by atoms with Gasteiger partial charge < -0.3 is 9.84 Å². The highest BCUT2D eigenvalue weighted by Crippen LogP contribution is 2.37. The molecule has 0 fully saturated rings. The van der Waals surface area contributed by atoms with Crippen molar-refractivity contribution in [1.82, 2.24) is 0 Å². The number of hydrogen-bond acceptors (Lipinski definition) is 2. The molecule has 1 aliphatic heterocycles. The first kappa shape index (κ1) is 13.8. The lowest BCUT2D eigenvalue weighted by atomic mass is 9.99. The van der Waals surface area contributed by atoms with E-state index in [9.17, 15) is 13.6 Å². The van der Waals surface area contributed by atoms with E-state index in [4.69, 9.17) is 9.84 Å². The van der Waals surface area contributed by atoms with Gasteiger partial charge in [-0.1, -0.05) is 0 Å². The van der Waals surface area contributed by atoms with Crippen molar-refractivity contribution in [3.63, 3.8) is 0 Å². The van der Waals surface area contributed by atoms with Crippen LogP contribution >= 0.6 is 0 Å². The first-order chi connectivity index (χ1) is 8.99. The van der Waals surface area contributed by atoms with Crippen molar-refractivity contribution in [2.45, 2.75) is 38.0 Å². The van der Waals surface area contributed by atoms with Crippen LogP contribution in [0.5, 0.6) is 5.75 Å². The first-order valence-electron chi connectivity index (χ1n) is 6.35. The smallest absolute Gasteiger partial charge is 0.303 e. The van der Waals surface area contributed by atoms with Crippen LogP contribution in [0.15, 0.2) is 18.2 Å². The second-order valence-corrected chi connectivity index (χ2v) is 4.73. The van der Waals surface area contributed by atoms with Gasteiger partial charge in [0, 0.05) is 24.8 Å². The highest BCUT2D eigenvalue weighted by Gasteiger charge is 2.32. The topological polar surface area (TPSA) is 46.5 Å². The van der Waals surface area contributed by atoms with Crippen LogP contribution in [0, 0.1) is 0 Å². The largest absolute Gasteiger partial charge is 0.493 e. The first-order valence-corrected chi connectivity index (χ1v) is 6.35. The van der Waals surface area contributed by atoms with Crippen LogP contribution in [0.1, 0.15) is 36.8 Å². The van der Waals surface area contributed by atoms with Gasteiger partial charge in [-0.2, -0.15) is 0 Å². The summed E-state index contributed by atoms with van der Waals surface area (Å²) in [5.41, 5.74) is 0.815. The molecule has 0 amide bonds. The Morgan fingerprint density at radius 3 is 2.89 bits per heavy atom. The van der Waals surface area contributed by atoms with Gasteiger partial charge in [-0.15, -0.1) is 0 Å². The molecule has 0 aliphatic carbocycles. The minimum atomic E-state index is -2.91. The van der Waals surface area contributed by atoms with E-state index in [-0.39, 0.29) is 31.2 Å². The predicted octanol–water partition coefficient (Wildman–Crippen LogP) is 3.36. The molecule has 2 rings (SSSR count). The minimum Gasteiger partial charge on any atom is -0.493 e. The second-order valence-electron chi connectivity index (χ2n) is 4.73. The molecule has 104 valence electrons. The van der Waals surface area contributed by atoms with E-state index in [1.807, 2.05) is 0 Å². The van der Waals surface area contributed by atoms with E-state index >= 15 is 0 Å². The standard InChI is InChI=1S/C14H16F2O3/c15-14(16,7-2-1-3-13(17)18)11-4-5-12-10(9-11)6-8-19-12/h4-5,9H,1-3,6-8H2,(H,17,18). The maximum atomic E-state index is 14.0. The maximum Gasteiger partial charge on any atom is 0.303 e. The zero-order valence-corrected chi connectivity index (χ0v) is 10.5. The van der Waals surface area contributed by atoms with E-state index < -0.39 is 11.9 Å². The van der Waals surface area contributed by atoms with Crippen LogP contribution in [0.2, 0.25) is 0 Å². The van der Waals surface area contributed by atoms with Gasteiger partial charge in [-0.25, -0.2) is 8.78 Å². The number of benzene rings is 1. The van der Waals surface area contributed by atoms with Crippen molar-refractivity contribution in [3.8, 4) is 5.75 Å². The molecule has 0 saturated heterocycles. The van der Waals surface area contributed by atoms with E-state index in [0.29, 0.717) is 18.8 Å². The molecule has 0 bridgehead atoms. The highest BCUT2D eigenvalue weighted by molar-refractivity contribution is 5.66. The summed E-state index contributed by atoms with van der Waals surface area (Å²) >= 11 is 0. The Hall–Kier alpha value is -1.65. The summed E-state index contributed by atoms with van der Waals surface area (Å²) in [4.78, 5) is 10.3. The Morgan fingerprint density at radius 1 is 1.37 bits per heavy atom. The van der Waals surface area contributed by atoms with E-state index in [1.54, 1.807) is 6.07 Å². The van der Waals surface area contributed by atoms with Crippen molar-refractivity contribution in [2.24, 2.45) is 0 Å². The molecule has 1 aromatic carbocycles. The quantitative estimate of drug-likeness (QED) is 0.806. The molecule has 1 aromatic rings. The van der Waals surface area contributed by atoms with Crippen LogP contribution in [-0.4, -0.2) is 17.7 Å². The van der Waals surface area contributed by atoms with E-state index in [0.717, 1.165) is 5.56 Å². The van der Waals surface area contributed by atoms with Crippen LogP contribution in [0.3, 0.4) is 0 Å². The number of rotatable bonds is 6. The summed E-state index contributed by atoms with van der Waals surface area (Å²) in [5.74, 6) is -3.17. The molecule has 1 N–H and O–H groups in total. The van der Waals surface area contributed by atoms with Gasteiger partial charge in [-0.3, -0.25) is 4.79 Å². The van der Waals surface area contributed by atoms with Gasteiger partial charge in [-0.05, 0) is 36.6 Å². The fourth-order valence-electron chi connectivity index (χ4n) is 2.18. The molecule has 0 unspecified atom stereocenters. The SMILES string of the molecule is O=C(O)CCCCC(F)(F)c1ccc2c(c1)CCO2. The average Bonchev–Trinajstić information content (AvgIpc) is 2.81. The number of fused-ring (bicyclic) bond motifs is 1. The lowest BCUT2D eigenvalue weighted by molar-refractivity contribution is -0.137. The third kappa shape index (κ3) is 3.43. The lowest BCUT2D eigenvalue weighted by Crippen LogP contribution is -2.13. The summed E-state index contributed by atoms with van der Waals surface area (Å²) in [7, 11) is 0. The van der Waals surface area contributed by atoms with E-state index in [1.165, 1.54) is 12.1 Å². The second kappa shape index (κ2) is 5.55. The Morgan fingerprint density at radius 2 is 2.16 bits per heavy atom. The summed E-state index contributed by atoms with van der Waals surface area (Å²) in [5, 5.41) is 8.46. The Balaban J connectivity index is 1.96. The molecule has 3 nitrogen and oxygen atoms in total. The minimum absolute atomic E-state index is 0.00734. The molecule has 19 heavy (non-hydrogen) atoms. The monoisotopic (exact) mass is 270 g/mol. The molecule has 5 heteroatoms. The third-order valence-electron chi connectivity index (χ3n) is 3.24. The molecule has 0 saturated carbocycles. The van der Waals surface area contributed by atoms with Crippen molar-refractivity contribution in [3.05, 3.63) is 29.3 Å². The van der Waals surface area contributed by atoms with Gasteiger partial charge in [0.15, 0.2) is 0 Å². The Bertz CT molecular complexity index is 472.